The fraction of sp³-hybridized carbons (Fsp3) is 0.125. The standard InChI is InChI=1S/C24H20F4N4O/c1-30-33-12-11-18(15-5-3-2-4-6-15)16-7-10-21-31-23(29)22(32(21)14-16)19-9-8-17(25)13-20(19)24(26,27)28/h2-11,13-14,30H,12,29H2,1H3. The molecule has 0 atom stereocenters. The molecule has 170 valence electrons. The van der Waals surface area contributed by atoms with E-state index in [1.807, 2.05) is 36.4 Å². The summed E-state index contributed by atoms with van der Waals surface area (Å²) in [7, 11) is 1.64. The summed E-state index contributed by atoms with van der Waals surface area (Å²) in [5.41, 5.74) is 10.1. The SMILES string of the molecule is CNOCC=C(c1ccccc1)c1ccc2nc(N)c(-c3ccc(F)cc3C(F)(F)F)n2c1. The minimum Gasteiger partial charge on any atom is -0.382 e. The second-order valence-corrected chi connectivity index (χ2v) is 7.18. The van der Waals surface area contributed by atoms with Gasteiger partial charge >= 0.3 is 6.18 Å². The monoisotopic (exact) mass is 456 g/mol. The molecular weight excluding hydrogens is 436 g/mol. The molecule has 0 radical (unpaired) electrons. The molecule has 5 nitrogen and oxygen atoms in total. The number of hydrogen-bond acceptors (Lipinski definition) is 4. The van der Waals surface area contributed by atoms with E-state index in [0.717, 1.165) is 23.3 Å². The normalized spacial score (nSPS) is 12.5. The van der Waals surface area contributed by atoms with Crippen molar-refractivity contribution in [3.8, 4) is 11.3 Å². The second-order valence-electron chi connectivity index (χ2n) is 7.18. The summed E-state index contributed by atoms with van der Waals surface area (Å²) in [6.45, 7) is 0.258. The third-order valence-corrected chi connectivity index (χ3v) is 5.10. The fourth-order valence-electron chi connectivity index (χ4n) is 3.68. The predicted octanol–water partition coefficient (Wildman–Crippen LogP) is 5.32. The Kier molecular flexibility index (Phi) is 6.17. The molecule has 0 spiro atoms. The molecule has 4 aromatic rings. The molecule has 9 heteroatoms. The molecule has 0 saturated carbocycles. The summed E-state index contributed by atoms with van der Waals surface area (Å²) in [5, 5.41) is 0. The number of fused-ring (bicyclic) bond motifs is 1. The van der Waals surface area contributed by atoms with Gasteiger partial charge in [-0.05, 0) is 53.1 Å². The van der Waals surface area contributed by atoms with Gasteiger partial charge in [0.2, 0.25) is 0 Å². The first-order valence-electron chi connectivity index (χ1n) is 9.99. The summed E-state index contributed by atoms with van der Waals surface area (Å²) < 4.78 is 56.2. The van der Waals surface area contributed by atoms with Crippen LogP contribution in [0.15, 0.2) is 72.9 Å². The quantitative estimate of drug-likeness (QED) is 0.234. The van der Waals surface area contributed by atoms with Crippen molar-refractivity contribution in [3.05, 3.63) is 95.4 Å². The van der Waals surface area contributed by atoms with Gasteiger partial charge in [0.15, 0.2) is 5.82 Å². The van der Waals surface area contributed by atoms with Gasteiger partial charge in [-0.15, -0.1) is 0 Å². The Labute approximate surface area is 187 Å². The number of benzene rings is 2. The molecule has 0 aliphatic heterocycles. The number of hydroxylamine groups is 1. The van der Waals surface area contributed by atoms with Crippen molar-refractivity contribution in [2.45, 2.75) is 6.18 Å². The summed E-state index contributed by atoms with van der Waals surface area (Å²) in [5.74, 6) is -1.08. The topological polar surface area (TPSA) is 64.6 Å². The number of aromatic nitrogens is 2. The van der Waals surface area contributed by atoms with Crippen LogP contribution in [0.1, 0.15) is 16.7 Å². The smallest absolute Gasteiger partial charge is 0.382 e. The van der Waals surface area contributed by atoms with Crippen LogP contribution in [0.2, 0.25) is 0 Å². The fourth-order valence-corrected chi connectivity index (χ4v) is 3.68. The molecule has 0 unspecified atom stereocenters. The first kappa shape index (κ1) is 22.5. The van der Waals surface area contributed by atoms with Crippen LogP contribution in [-0.2, 0) is 11.0 Å². The molecule has 2 aromatic heterocycles. The molecule has 0 amide bonds. The highest BCUT2D eigenvalue weighted by atomic mass is 19.4. The Morgan fingerprint density at radius 3 is 2.55 bits per heavy atom. The number of pyridine rings is 1. The van der Waals surface area contributed by atoms with E-state index in [-0.39, 0.29) is 23.7 Å². The number of anilines is 1. The van der Waals surface area contributed by atoms with E-state index in [9.17, 15) is 17.6 Å². The van der Waals surface area contributed by atoms with E-state index in [1.165, 1.54) is 4.40 Å². The Morgan fingerprint density at radius 1 is 1.09 bits per heavy atom. The predicted molar refractivity (Wildman–Crippen MR) is 119 cm³/mol. The summed E-state index contributed by atoms with van der Waals surface area (Å²) in [6, 6.07) is 15.5. The van der Waals surface area contributed by atoms with Crippen molar-refractivity contribution >= 4 is 17.0 Å². The van der Waals surface area contributed by atoms with E-state index in [4.69, 9.17) is 10.6 Å². The zero-order valence-electron chi connectivity index (χ0n) is 17.5. The molecule has 2 heterocycles. The molecule has 0 fully saturated rings. The lowest BCUT2D eigenvalue weighted by Gasteiger charge is -2.14. The average molecular weight is 456 g/mol. The summed E-state index contributed by atoms with van der Waals surface area (Å²) in [6.07, 6.45) is -1.26. The van der Waals surface area contributed by atoms with Gasteiger partial charge in [-0.1, -0.05) is 30.3 Å². The van der Waals surface area contributed by atoms with E-state index in [1.54, 1.807) is 25.4 Å². The van der Waals surface area contributed by atoms with Crippen LogP contribution in [0, 0.1) is 5.82 Å². The first-order chi connectivity index (χ1) is 15.8. The lowest BCUT2D eigenvalue weighted by molar-refractivity contribution is -0.137. The van der Waals surface area contributed by atoms with Crippen LogP contribution in [0.25, 0.3) is 22.5 Å². The van der Waals surface area contributed by atoms with Crippen LogP contribution in [0.4, 0.5) is 23.4 Å². The summed E-state index contributed by atoms with van der Waals surface area (Å²) in [4.78, 5) is 9.44. The van der Waals surface area contributed by atoms with Crippen LogP contribution < -0.4 is 11.2 Å². The Balaban J connectivity index is 1.92. The Morgan fingerprint density at radius 2 is 1.85 bits per heavy atom. The highest BCUT2D eigenvalue weighted by molar-refractivity contribution is 5.82. The number of rotatable bonds is 6. The van der Waals surface area contributed by atoms with Gasteiger partial charge in [-0.25, -0.2) is 14.9 Å². The van der Waals surface area contributed by atoms with Gasteiger partial charge in [-0.3, -0.25) is 9.24 Å². The van der Waals surface area contributed by atoms with Crippen LogP contribution in [0.5, 0.6) is 0 Å². The van der Waals surface area contributed by atoms with Crippen LogP contribution in [0.3, 0.4) is 0 Å². The number of nitrogens with one attached hydrogen (secondary N) is 1. The third kappa shape index (κ3) is 4.59. The highest BCUT2D eigenvalue weighted by Crippen LogP contribution is 2.40. The van der Waals surface area contributed by atoms with Crippen molar-refractivity contribution in [1.29, 1.82) is 0 Å². The zero-order valence-corrected chi connectivity index (χ0v) is 17.5. The maximum Gasteiger partial charge on any atom is 0.417 e. The number of nitrogens with two attached hydrogens (primary N) is 1. The molecule has 0 aliphatic carbocycles. The molecule has 0 saturated heterocycles. The van der Waals surface area contributed by atoms with Gasteiger partial charge < -0.3 is 5.73 Å². The Bertz CT molecular complexity index is 1310. The van der Waals surface area contributed by atoms with Crippen LogP contribution >= 0.6 is 0 Å². The largest absolute Gasteiger partial charge is 0.417 e. The minimum atomic E-state index is -4.77. The number of imidazole rings is 1. The van der Waals surface area contributed by atoms with Crippen molar-refractivity contribution in [1.82, 2.24) is 14.9 Å². The lowest BCUT2D eigenvalue weighted by atomic mass is 9.99. The van der Waals surface area contributed by atoms with Gasteiger partial charge in [0.1, 0.15) is 11.5 Å². The molecule has 0 aliphatic rings. The van der Waals surface area contributed by atoms with Gasteiger partial charge in [0.05, 0.1) is 17.9 Å². The van der Waals surface area contributed by atoms with Gasteiger partial charge in [-0.2, -0.15) is 13.2 Å². The van der Waals surface area contributed by atoms with Crippen molar-refractivity contribution in [2.75, 3.05) is 19.4 Å². The van der Waals surface area contributed by atoms with Crippen molar-refractivity contribution < 1.29 is 22.4 Å². The molecule has 33 heavy (non-hydrogen) atoms. The van der Waals surface area contributed by atoms with E-state index >= 15 is 0 Å². The van der Waals surface area contributed by atoms with Crippen molar-refractivity contribution in [2.24, 2.45) is 0 Å². The third-order valence-electron chi connectivity index (χ3n) is 5.10. The maximum atomic E-state index is 13.7. The molecule has 3 N–H and O–H groups in total. The van der Waals surface area contributed by atoms with E-state index < -0.39 is 17.6 Å². The number of halogens is 4. The lowest BCUT2D eigenvalue weighted by Crippen LogP contribution is -2.09. The molecule has 0 bridgehead atoms. The second kappa shape index (κ2) is 9.05. The average Bonchev–Trinajstić information content (AvgIpc) is 3.11. The number of alkyl halides is 3. The molecule has 2 aromatic carbocycles. The maximum absolute atomic E-state index is 13.7. The first-order valence-corrected chi connectivity index (χ1v) is 9.99. The Hall–Kier alpha value is -3.69. The van der Waals surface area contributed by atoms with Crippen LogP contribution in [-0.4, -0.2) is 23.0 Å². The van der Waals surface area contributed by atoms with E-state index in [2.05, 4.69) is 10.5 Å². The highest BCUT2D eigenvalue weighted by Gasteiger charge is 2.35. The minimum absolute atomic E-state index is 0.0399. The summed E-state index contributed by atoms with van der Waals surface area (Å²) >= 11 is 0. The molecule has 4 rings (SSSR count). The zero-order chi connectivity index (χ0) is 23.6. The van der Waals surface area contributed by atoms with Crippen molar-refractivity contribution in [3.63, 3.8) is 0 Å². The van der Waals surface area contributed by atoms with Gasteiger partial charge in [0, 0.05) is 18.8 Å². The van der Waals surface area contributed by atoms with Gasteiger partial charge in [0.25, 0.3) is 0 Å². The molecular formula is C24H20F4N4O. The number of nitrogen functional groups attached to an aromatic ring is 1. The number of hydrogen-bond donors (Lipinski definition) is 2. The number of nitrogens with zero attached hydrogens (tertiary/aromatic N) is 2. The van der Waals surface area contributed by atoms with E-state index in [0.29, 0.717) is 17.3 Å².